The van der Waals surface area contributed by atoms with Crippen molar-refractivity contribution in [3.63, 3.8) is 0 Å². The zero-order valence-electron chi connectivity index (χ0n) is 11.8. The van der Waals surface area contributed by atoms with Gasteiger partial charge in [-0.05, 0) is 31.2 Å². The lowest BCUT2D eigenvalue weighted by Crippen LogP contribution is -2.38. The Morgan fingerprint density at radius 2 is 2.10 bits per heavy atom. The first-order chi connectivity index (χ1) is 9.76. The van der Waals surface area contributed by atoms with Crippen molar-refractivity contribution in [3.05, 3.63) is 35.6 Å². The third-order valence-corrected chi connectivity index (χ3v) is 4.20. The van der Waals surface area contributed by atoms with Gasteiger partial charge in [0.2, 0.25) is 0 Å². The summed E-state index contributed by atoms with van der Waals surface area (Å²) in [6.45, 7) is 1.15. The van der Waals surface area contributed by atoms with Crippen LogP contribution in [0.2, 0.25) is 0 Å². The molecular formula is C16H23FNO2. The number of hydrogen-bond acceptors (Lipinski definition) is 2. The van der Waals surface area contributed by atoms with Crippen LogP contribution in [-0.4, -0.2) is 36.3 Å². The Bertz CT molecular complexity index is 409. The Kier molecular flexibility index (Phi) is 5.95. The first-order valence-corrected chi connectivity index (χ1v) is 7.43. The monoisotopic (exact) mass is 280 g/mol. The molecule has 1 aliphatic rings. The Labute approximate surface area is 120 Å². The molecule has 1 aromatic carbocycles. The van der Waals surface area contributed by atoms with Gasteiger partial charge in [-0.15, -0.1) is 0 Å². The van der Waals surface area contributed by atoms with Gasteiger partial charge in [0.1, 0.15) is 5.82 Å². The molecule has 0 saturated heterocycles. The van der Waals surface area contributed by atoms with E-state index in [0.717, 1.165) is 6.54 Å². The molecule has 0 heterocycles. The summed E-state index contributed by atoms with van der Waals surface area (Å²) in [6, 6.07) is 6.43. The summed E-state index contributed by atoms with van der Waals surface area (Å²) in [5.74, 6) is 0.366. The van der Waals surface area contributed by atoms with E-state index in [4.69, 9.17) is 0 Å². The molecule has 0 spiro atoms. The molecule has 4 heteroatoms. The second-order valence-corrected chi connectivity index (χ2v) is 5.55. The molecule has 0 bridgehead atoms. The van der Waals surface area contributed by atoms with E-state index in [1.54, 1.807) is 18.2 Å². The number of aliphatic hydroxyl groups excluding tert-OH is 1. The lowest BCUT2D eigenvalue weighted by Gasteiger charge is -2.37. The molecule has 1 unspecified atom stereocenters. The van der Waals surface area contributed by atoms with Crippen LogP contribution in [0.4, 0.5) is 4.39 Å². The molecule has 20 heavy (non-hydrogen) atoms. The maximum Gasteiger partial charge on any atom is 0.127 e. The van der Waals surface area contributed by atoms with Crippen molar-refractivity contribution in [2.75, 3.05) is 26.3 Å². The number of rotatable bonds is 8. The Morgan fingerprint density at radius 1 is 1.35 bits per heavy atom. The average Bonchev–Trinajstić information content (AvgIpc) is 2.40. The second-order valence-electron chi connectivity index (χ2n) is 5.55. The van der Waals surface area contributed by atoms with Gasteiger partial charge in [-0.2, -0.15) is 0 Å². The molecule has 1 N–H and O–H groups in total. The van der Waals surface area contributed by atoms with Crippen molar-refractivity contribution < 1.29 is 14.6 Å². The van der Waals surface area contributed by atoms with Crippen LogP contribution in [0, 0.1) is 11.7 Å². The largest absolute Gasteiger partial charge is 0.395 e. The van der Waals surface area contributed by atoms with Crippen LogP contribution in [0.15, 0.2) is 24.3 Å². The van der Waals surface area contributed by atoms with E-state index in [1.807, 2.05) is 0 Å². The number of halogens is 1. The molecule has 2 rings (SSSR count). The Hall–Kier alpha value is -0.970. The highest BCUT2D eigenvalue weighted by molar-refractivity contribution is 5.21. The molecule has 1 fully saturated rings. The molecule has 111 valence electrons. The molecule has 1 atom stereocenters. The van der Waals surface area contributed by atoms with Gasteiger partial charge in [-0.3, -0.25) is 4.90 Å². The highest BCUT2D eigenvalue weighted by atomic mass is 19.1. The van der Waals surface area contributed by atoms with Crippen molar-refractivity contribution in [2.45, 2.75) is 31.7 Å². The van der Waals surface area contributed by atoms with Crippen LogP contribution in [-0.2, 0) is 5.11 Å². The van der Waals surface area contributed by atoms with Gasteiger partial charge in [0.15, 0.2) is 0 Å². The maximum absolute atomic E-state index is 14.0. The van der Waals surface area contributed by atoms with Gasteiger partial charge in [-0.25, -0.2) is 9.50 Å². The highest BCUT2D eigenvalue weighted by Crippen LogP contribution is 2.32. The van der Waals surface area contributed by atoms with E-state index < -0.39 is 0 Å². The molecule has 1 radical (unpaired) electrons. The van der Waals surface area contributed by atoms with E-state index in [0.29, 0.717) is 24.4 Å². The van der Waals surface area contributed by atoms with Gasteiger partial charge in [0.25, 0.3) is 0 Å². The number of hydrogen-bond donors (Lipinski definition) is 1. The quantitative estimate of drug-likeness (QED) is 0.795. The zero-order chi connectivity index (χ0) is 14.4. The number of nitrogens with zero attached hydrogens (tertiary/aromatic N) is 1. The van der Waals surface area contributed by atoms with Gasteiger partial charge in [0, 0.05) is 24.7 Å². The SMILES string of the molecule is [O]CCC(c1ccccc1F)N(CCO)CC1CCC1. The van der Waals surface area contributed by atoms with Crippen LogP contribution in [0.1, 0.15) is 37.3 Å². The lowest BCUT2D eigenvalue weighted by molar-refractivity contribution is 0.0780. The van der Waals surface area contributed by atoms with Gasteiger partial charge in [0.05, 0.1) is 13.2 Å². The van der Waals surface area contributed by atoms with E-state index in [2.05, 4.69) is 4.90 Å². The van der Waals surface area contributed by atoms with Crippen molar-refractivity contribution in [2.24, 2.45) is 5.92 Å². The number of aliphatic hydroxyl groups is 1. The van der Waals surface area contributed by atoms with Crippen molar-refractivity contribution in [1.29, 1.82) is 0 Å². The van der Waals surface area contributed by atoms with Crippen molar-refractivity contribution in [3.8, 4) is 0 Å². The van der Waals surface area contributed by atoms with E-state index in [-0.39, 0.29) is 25.1 Å². The number of benzene rings is 1. The molecule has 0 aromatic heterocycles. The summed E-state index contributed by atoms with van der Waals surface area (Å²) < 4.78 is 14.0. The van der Waals surface area contributed by atoms with Crippen LogP contribution >= 0.6 is 0 Å². The summed E-state index contributed by atoms with van der Waals surface area (Å²) in [4.78, 5) is 2.08. The second kappa shape index (κ2) is 7.72. The summed E-state index contributed by atoms with van der Waals surface area (Å²) in [7, 11) is 0. The predicted molar refractivity (Wildman–Crippen MR) is 75.3 cm³/mol. The minimum Gasteiger partial charge on any atom is -0.395 e. The summed E-state index contributed by atoms with van der Waals surface area (Å²) in [5, 5.41) is 20.4. The summed E-state index contributed by atoms with van der Waals surface area (Å²) in [5.41, 5.74) is 0.580. The topological polar surface area (TPSA) is 43.4 Å². The van der Waals surface area contributed by atoms with Gasteiger partial charge >= 0.3 is 0 Å². The smallest absolute Gasteiger partial charge is 0.127 e. The first kappa shape index (κ1) is 15.4. The van der Waals surface area contributed by atoms with E-state index in [9.17, 15) is 14.6 Å². The Morgan fingerprint density at radius 3 is 2.65 bits per heavy atom. The lowest BCUT2D eigenvalue weighted by atomic mass is 9.84. The van der Waals surface area contributed by atoms with Crippen LogP contribution in [0.3, 0.4) is 0 Å². The minimum atomic E-state index is -0.262. The molecule has 1 saturated carbocycles. The molecule has 1 aliphatic carbocycles. The summed E-state index contributed by atoms with van der Waals surface area (Å²) in [6.07, 6.45) is 4.03. The zero-order valence-corrected chi connectivity index (χ0v) is 11.8. The van der Waals surface area contributed by atoms with Gasteiger partial charge < -0.3 is 5.11 Å². The van der Waals surface area contributed by atoms with Crippen LogP contribution in [0.5, 0.6) is 0 Å². The van der Waals surface area contributed by atoms with Crippen molar-refractivity contribution in [1.82, 2.24) is 4.90 Å². The van der Waals surface area contributed by atoms with Crippen LogP contribution in [0.25, 0.3) is 0 Å². The fraction of sp³-hybridized carbons (Fsp3) is 0.625. The molecule has 0 amide bonds. The van der Waals surface area contributed by atoms with Crippen molar-refractivity contribution >= 4 is 0 Å². The molecule has 0 aliphatic heterocycles. The van der Waals surface area contributed by atoms with E-state index in [1.165, 1.54) is 25.3 Å². The molecular weight excluding hydrogens is 257 g/mol. The van der Waals surface area contributed by atoms with E-state index >= 15 is 0 Å². The average molecular weight is 280 g/mol. The first-order valence-electron chi connectivity index (χ1n) is 7.43. The predicted octanol–water partition coefficient (Wildman–Crippen LogP) is 2.78. The highest BCUT2D eigenvalue weighted by Gasteiger charge is 2.27. The van der Waals surface area contributed by atoms with Crippen LogP contribution < -0.4 is 0 Å². The van der Waals surface area contributed by atoms with Gasteiger partial charge in [-0.1, -0.05) is 24.6 Å². The fourth-order valence-corrected chi connectivity index (χ4v) is 2.90. The standard InChI is InChI=1S/C16H23FNO2/c17-15-7-2-1-6-14(15)16(8-10-19)18(9-11-20)12-13-4-3-5-13/h1-2,6-7,13,16,20H,3-5,8-12H2. The molecule has 1 aromatic rings. The summed E-state index contributed by atoms with van der Waals surface area (Å²) >= 11 is 0. The minimum absolute atomic E-state index is 0.0382. The fourth-order valence-electron chi connectivity index (χ4n) is 2.90. The Balaban J connectivity index is 2.16. The maximum atomic E-state index is 14.0. The molecule has 3 nitrogen and oxygen atoms in total. The third kappa shape index (κ3) is 3.78. The normalized spacial score (nSPS) is 17.2. The third-order valence-electron chi connectivity index (χ3n) is 4.20.